The summed E-state index contributed by atoms with van der Waals surface area (Å²) in [7, 11) is 0. The predicted molar refractivity (Wildman–Crippen MR) is 82.5 cm³/mol. The first kappa shape index (κ1) is 18.6. The largest absolute Gasteiger partial charge is 0.481 e. The molecule has 1 aromatic rings. The molecular weight excluding hydrogens is 323 g/mol. The number of ether oxygens (including phenoxy) is 1. The van der Waals surface area contributed by atoms with Gasteiger partial charge in [-0.25, -0.2) is 0 Å². The van der Waals surface area contributed by atoms with Gasteiger partial charge in [-0.3, -0.25) is 4.79 Å². The molecule has 1 aromatic carbocycles. The van der Waals surface area contributed by atoms with E-state index in [9.17, 15) is 18.0 Å². The number of aliphatic hydroxyl groups is 1. The third-order valence-corrected chi connectivity index (χ3v) is 4.32. The fourth-order valence-electron chi connectivity index (χ4n) is 2.79. The van der Waals surface area contributed by atoms with Crippen molar-refractivity contribution in [1.29, 1.82) is 0 Å². The molecule has 2 N–H and O–H groups in total. The third-order valence-electron chi connectivity index (χ3n) is 4.32. The third kappa shape index (κ3) is 5.12. The summed E-state index contributed by atoms with van der Waals surface area (Å²) in [4.78, 5) is 12.1. The highest BCUT2D eigenvalue weighted by Gasteiger charge is 2.30. The molecule has 1 amide bonds. The molecule has 0 spiro atoms. The molecule has 134 valence electrons. The van der Waals surface area contributed by atoms with E-state index in [-0.39, 0.29) is 24.3 Å². The van der Waals surface area contributed by atoms with Crippen LogP contribution in [0.2, 0.25) is 0 Å². The quantitative estimate of drug-likeness (QED) is 0.862. The molecule has 1 aliphatic carbocycles. The number of amides is 1. The van der Waals surface area contributed by atoms with Crippen molar-refractivity contribution in [2.75, 3.05) is 6.61 Å². The molecular formula is C17H22F3NO3. The van der Waals surface area contributed by atoms with Crippen LogP contribution >= 0.6 is 0 Å². The summed E-state index contributed by atoms with van der Waals surface area (Å²) in [6.45, 7) is 1.74. The average molecular weight is 345 g/mol. The van der Waals surface area contributed by atoms with E-state index in [0.717, 1.165) is 37.8 Å². The number of aliphatic hydroxyl groups excluding tert-OH is 1. The van der Waals surface area contributed by atoms with Crippen molar-refractivity contribution >= 4 is 5.91 Å². The standard InChI is InChI=1S/C17H22F3NO3/c1-11(16(23)21-14-6-2-12(10-22)3-7-14)24-15-8-4-13(5-9-15)17(18,19)20/h4-5,8-9,11-12,14,22H,2-3,6-7,10H2,1H3,(H,21,23)/t11-,12?,14?/m1/s1. The van der Waals surface area contributed by atoms with Gasteiger partial charge in [-0.15, -0.1) is 0 Å². The van der Waals surface area contributed by atoms with Crippen LogP contribution < -0.4 is 10.1 Å². The zero-order valence-electron chi connectivity index (χ0n) is 13.5. The molecule has 0 heterocycles. The molecule has 0 bridgehead atoms. The SMILES string of the molecule is C[C@@H](Oc1ccc(C(F)(F)F)cc1)C(=O)NC1CCC(CO)CC1. The molecule has 0 saturated heterocycles. The number of hydrogen-bond acceptors (Lipinski definition) is 3. The molecule has 1 aliphatic rings. The Labute approximate surface area is 139 Å². The molecule has 0 unspecified atom stereocenters. The van der Waals surface area contributed by atoms with E-state index in [4.69, 9.17) is 9.84 Å². The van der Waals surface area contributed by atoms with Crippen LogP contribution in [0, 0.1) is 5.92 Å². The second-order valence-electron chi connectivity index (χ2n) is 6.19. The van der Waals surface area contributed by atoms with Crippen molar-refractivity contribution in [1.82, 2.24) is 5.32 Å². The minimum atomic E-state index is -4.39. The summed E-state index contributed by atoms with van der Waals surface area (Å²) >= 11 is 0. The molecule has 0 radical (unpaired) electrons. The predicted octanol–water partition coefficient (Wildman–Crippen LogP) is 3.14. The van der Waals surface area contributed by atoms with E-state index in [0.29, 0.717) is 5.92 Å². The topological polar surface area (TPSA) is 58.6 Å². The lowest BCUT2D eigenvalue weighted by atomic mass is 9.86. The Bertz CT molecular complexity index is 537. The van der Waals surface area contributed by atoms with Crippen LogP contribution in [0.15, 0.2) is 24.3 Å². The Balaban J connectivity index is 1.83. The number of carbonyl (C=O) groups is 1. The van der Waals surface area contributed by atoms with Crippen molar-refractivity contribution in [3.05, 3.63) is 29.8 Å². The van der Waals surface area contributed by atoms with Crippen molar-refractivity contribution in [3.8, 4) is 5.75 Å². The molecule has 7 heteroatoms. The van der Waals surface area contributed by atoms with Gasteiger partial charge < -0.3 is 15.2 Å². The van der Waals surface area contributed by atoms with E-state index < -0.39 is 17.8 Å². The minimum Gasteiger partial charge on any atom is -0.481 e. The average Bonchev–Trinajstić information content (AvgIpc) is 2.55. The number of rotatable bonds is 5. The van der Waals surface area contributed by atoms with Gasteiger partial charge in [0.15, 0.2) is 6.10 Å². The van der Waals surface area contributed by atoms with Crippen molar-refractivity contribution in [2.45, 2.75) is 50.9 Å². The zero-order valence-corrected chi connectivity index (χ0v) is 13.5. The first-order valence-electron chi connectivity index (χ1n) is 8.04. The van der Waals surface area contributed by atoms with Gasteiger partial charge in [0.2, 0.25) is 0 Å². The Kier molecular flexibility index (Phi) is 6.10. The smallest absolute Gasteiger partial charge is 0.416 e. The summed E-state index contributed by atoms with van der Waals surface area (Å²) in [5.41, 5.74) is -0.757. The van der Waals surface area contributed by atoms with Crippen molar-refractivity contribution in [3.63, 3.8) is 0 Å². The lowest BCUT2D eigenvalue weighted by Gasteiger charge is -2.28. The maximum Gasteiger partial charge on any atom is 0.416 e. The molecule has 0 aliphatic heterocycles. The molecule has 1 atom stereocenters. The molecule has 1 saturated carbocycles. The first-order chi connectivity index (χ1) is 11.3. The van der Waals surface area contributed by atoms with Gasteiger partial charge in [0.25, 0.3) is 5.91 Å². The Hall–Kier alpha value is -1.76. The maximum absolute atomic E-state index is 12.5. The van der Waals surface area contributed by atoms with Crippen molar-refractivity contribution < 1.29 is 27.8 Å². The number of halogens is 3. The van der Waals surface area contributed by atoms with Crippen LogP contribution in [0.5, 0.6) is 5.75 Å². The molecule has 0 aromatic heterocycles. The number of hydrogen-bond donors (Lipinski definition) is 2. The second kappa shape index (κ2) is 7.88. The van der Waals surface area contributed by atoms with Crippen LogP contribution in [-0.2, 0) is 11.0 Å². The lowest BCUT2D eigenvalue weighted by molar-refractivity contribution is -0.137. The van der Waals surface area contributed by atoms with Crippen LogP contribution in [0.1, 0.15) is 38.2 Å². The molecule has 2 rings (SSSR count). The van der Waals surface area contributed by atoms with Gasteiger partial charge in [-0.1, -0.05) is 0 Å². The fourth-order valence-corrected chi connectivity index (χ4v) is 2.79. The highest BCUT2D eigenvalue weighted by molar-refractivity contribution is 5.81. The first-order valence-corrected chi connectivity index (χ1v) is 8.04. The molecule has 24 heavy (non-hydrogen) atoms. The van der Waals surface area contributed by atoms with Gasteiger partial charge in [-0.05, 0) is 62.8 Å². The fraction of sp³-hybridized carbons (Fsp3) is 0.588. The summed E-state index contributed by atoms with van der Waals surface area (Å²) in [5.74, 6) is 0.232. The van der Waals surface area contributed by atoms with E-state index >= 15 is 0 Å². The van der Waals surface area contributed by atoms with Gasteiger partial charge in [0.05, 0.1) is 5.56 Å². The van der Waals surface area contributed by atoms with Gasteiger partial charge in [0.1, 0.15) is 5.75 Å². The Morgan fingerprint density at radius 2 is 1.83 bits per heavy atom. The van der Waals surface area contributed by atoms with Gasteiger partial charge in [-0.2, -0.15) is 13.2 Å². The highest BCUT2D eigenvalue weighted by Crippen LogP contribution is 2.30. The van der Waals surface area contributed by atoms with Crippen LogP contribution in [0.4, 0.5) is 13.2 Å². The van der Waals surface area contributed by atoms with E-state index in [1.807, 2.05) is 0 Å². The van der Waals surface area contributed by atoms with Crippen molar-refractivity contribution in [2.24, 2.45) is 5.92 Å². The normalized spacial score (nSPS) is 22.7. The van der Waals surface area contributed by atoms with E-state index in [1.54, 1.807) is 6.92 Å². The van der Waals surface area contributed by atoms with Gasteiger partial charge in [0, 0.05) is 12.6 Å². The summed E-state index contributed by atoms with van der Waals surface area (Å²) in [6, 6.07) is 4.32. The summed E-state index contributed by atoms with van der Waals surface area (Å²) < 4.78 is 42.9. The minimum absolute atomic E-state index is 0.0546. The molecule has 4 nitrogen and oxygen atoms in total. The monoisotopic (exact) mass is 345 g/mol. The van der Waals surface area contributed by atoms with E-state index in [1.165, 1.54) is 12.1 Å². The second-order valence-corrected chi connectivity index (χ2v) is 6.19. The van der Waals surface area contributed by atoms with E-state index in [2.05, 4.69) is 5.32 Å². The summed E-state index contributed by atoms with van der Waals surface area (Å²) in [5, 5.41) is 12.0. The Morgan fingerprint density at radius 3 is 2.33 bits per heavy atom. The zero-order chi connectivity index (χ0) is 17.7. The number of alkyl halides is 3. The molecule has 1 fully saturated rings. The Morgan fingerprint density at radius 1 is 1.25 bits per heavy atom. The number of nitrogens with one attached hydrogen (secondary N) is 1. The summed E-state index contributed by atoms with van der Waals surface area (Å²) in [6.07, 6.45) is -1.83. The maximum atomic E-state index is 12.5. The van der Waals surface area contributed by atoms with Crippen LogP contribution in [-0.4, -0.2) is 29.8 Å². The van der Waals surface area contributed by atoms with Gasteiger partial charge >= 0.3 is 6.18 Å². The highest BCUT2D eigenvalue weighted by atomic mass is 19.4. The lowest BCUT2D eigenvalue weighted by Crippen LogP contribution is -2.44. The number of benzene rings is 1. The van der Waals surface area contributed by atoms with Crippen LogP contribution in [0.3, 0.4) is 0 Å². The number of carbonyl (C=O) groups excluding carboxylic acids is 1. The van der Waals surface area contributed by atoms with Crippen LogP contribution in [0.25, 0.3) is 0 Å².